The van der Waals surface area contributed by atoms with Crippen molar-refractivity contribution in [2.24, 2.45) is 0 Å². The van der Waals surface area contributed by atoms with E-state index in [1.807, 2.05) is 0 Å². The molecule has 0 spiro atoms. The minimum Gasteiger partial charge on any atom is -0.493 e. The molecule has 10 nitrogen and oxygen atoms in total. The maximum absolute atomic E-state index is 11.3. The molecule has 0 aliphatic heterocycles. The first-order valence-corrected chi connectivity index (χ1v) is 6.99. The number of nitro benzene ring substituents is 2. The summed E-state index contributed by atoms with van der Waals surface area (Å²) in [5, 5.41) is 22.1. The van der Waals surface area contributed by atoms with E-state index < -0.39 is 9.85 Å². The molecule has 1 aromatic heterocycles. The number of nitrogens with one attached hydrogen (secondary N) is 1. The Hall–Kier alpha value is -3.69. The van der Waals surface area contributed by atoms with Gasteiger partial charge < -0.3 is 14.5 Å². The third-order valence-electron chi connectivity index (χ3n) is 3.61. The molecule has 0 aliphatic rings. The van der Waals surface area contributed by atoms with E-state index in [9.17, 15) is 20.2 Å². The molecule has 0 saturated carbocycles. The van der Waals surface area contributed by atoms with Crippen LogP contribution in [0, 0.1) is 20.2 Å². The van der Waals surface area contributed by atoms with Crippen molar-refractivity contribution < 1.29 is 19.3 Å². The molecule has 0 amide bonds. The van der Waals surface area contributed by atoms with Crippen LogP contribution in [-0.4, -0.2) is 34.0 Å². The van der Waals surface area contributed by atoms with Crippen LogP contribution in [0.25, 0.3) is 22.4 Å². The molecule has 0 saturated heterocycles. The number of ether oxygens (including phenoxy) is 2. The van der Waals surface area contributed by atoms with E-state index in [1.165, 1.54) is 44.6 Å². The molecule has 10 heteroatoms. The van der Waals surface area contributed by atoms with Crippen molar-refractivity contribution in [1.29, 1.82) is 0 Å². The van der Waals surface area contributed by atoms with Crippen LogP contribution in [-0.2, 0) is 0 Å². The summed E-state index contributed by atoms with van der Waals surface area (Å²) < 4.78 is 10.2. The molecular formula is C15H12N4O6. The first-order chi connectivity index (χ1) is 11.9. The summed E-state index contributed by atoms with van der Waals surface area (Å²) in [7, 11) is 2.68. The van der Waals surface area contributed by atoms with E-state index in [4.69, 9.17) is 9.47 Å². The number of non-ortho nitro benzene ring substituents is 1. The number of nitrogens with zero attached hydrogens (tertiary/aromatic N) is 3. The van der Waals surface area contributed by atoms with E-state index >= 15 is 0 Å². The molecule has 2 aromatic carbocycles. The molecule has 0 fully saturated rings. The molecular weight excluding hydrogens is 332 g/mol. The highest BCUT2D eigenvalue weighted by atomic mass is 16.6. The molecule has 3 aromatic rings. The van der Waals surface area contributed by atoms with Crippen LogP contribution in [0.4, 0.5) is 11.4 Å². The highest BCUT2D eigenvalue weighted by molar-refractivity contribution is 5.82. The highest BCUT2D eigenvalue weighted by Crippen LogP contribution is 2.40. The van der Waals surface area contributed by atoms with Crippen molar-refractivity contribution in [3.05, 3.63) is 50.6 Å². The third-order valence-corrected chi connectivity index (χ3v) is 3.61. The lowest BCUT2D eigenvalue weighted by molar-refractivity contribution is -0.385. The van der Waals surface area contributed by atoms with Crippen LogP contribution in [0.2, 0.25) is 0 Å². The number of aromatic amines is 1. The maximum atomic E-state index is 11.3. The lowest BCUT2D eigenvalue weighted by Gasteiger charge is -2.09. The smallest absolute Gasteiger partial charge is 0.315 e. The normalized spacial score (nSPS) is 10.6. The minimum absolute atomic E-state index is 0.00278. The fourth-order valence-corrected chi connectivity index (χ4v) is 2.46. The van der Waals surface area contributed by atoms with Crippen molar-refractivity contribution in [2.75, 3.05) is 14.2 Å². The molecule has 128 valence electrons. The summed E-state index contributed by atoms with van der Waals surface area (Å²) >= 11 is 0. The summed E-state index contributed by atoms with van der Waals surface area (Å²) in [6.45, 7) is 0. The monoisotopic (exact) mass is 344 g/mol. The SMILES string of the molecule is COc1cc(-c2nc3ccc([N+](=O)[O-])cc3[nH]2)cc([N+](=O)[O-])c1OC. The van der Waals surface area contributed by atoms with E-state index in [0.29, 0.717) is 22.4 Å². The van der Waals surface area contributed by atoms with Crippen LogP contribution in [0.5, 0.6) is 11.5 Å². The van der Waals surface area contributed by atoms with Crippen molar-refractivity contribution in [3.63, 3.8) is 0 Å². The summed E-state index contributed by atoms with van der Waals surface area (Å²) in [5.74, 6) is 0.501. The summed E-state index contributed by atoms with van der Waals surface area (Å²) in [5.41, 5.74) is 0.979. The number of hydrogen-bond acceptors (Lipinski definition) is 7. The van der Waals surface area contributed by atoms with Gasteiger partial charge in [-0.25, -0.2) is 4.98 Å². The Labute approximate surface area is 140 Å². The van der Waals surface area contributed by atoms with Crippen LogP contribution in [0.3, 0.4) is 0 Å². The molecule has 25 heavy (non-hydrogen) atoms. The number of aromatic nitrogens is 2. The van der Waals surface area contributed by atoms with Crippen LogP contribution in [0.1, 0.15) is 0 Å². The van der Waals surface area contributed by atoms with Gasteiger partial charge in [0, 0.05) is 23.8 Å². The molecule has 0 bridgehead atoms. The fraction of sp³-hybridized carbons (Fsp3) is 0.133. The van der Waals surface area contributed by atoms with Gasteiger partial charge in [0.1, 0.15) is 5.82 Å². The predicted octanol–water partition coefficient (Wildman–Crippen LogP) is 3.06. The van der Waals surface area contributed by atoms with E-state index in [1.54, 1.807) is 0 Å². The number of hydrogen-bond donors (Lipinski definition) is 1. The highest BCUT2D eigenvalue weighted by Gasteiger charge is 2.23. The van der Waals surface area contributed by atoms with Gasteiger partial charge in [-0.1, -0.05) is 0 Å². The number of imidazole rings is 1. The van der Waals surface area contributed by atoms with Crippen molar-refractivity contribution in [1.82, 2.24) is 9.97 Å². The first kappa shape index (κ1) is 16.2. The molecule has 0 unspecified atom stereocenters. The Balaban J connectivity index is 2.18. The van der Waals surface area contributed by atoms with Crippen LogP contribution in [0.15, 0.2) is 30.3 Å². The number of H-pyrrole nitrogens is 1. The summed E-state index contributed by atoms with van der Waals surface area (Å²) in [4.78, 5) is 28.3. The largest absolute Gasteiger partial charge is 0.493 e. The summed E-state index contributed by atoms with van der Waals surface area (Å²) in [6, 6.07) is 7.03. The van der Waals surface area contributed by atoms with Gasteiger partial charge in [-0.15, -0.1) is 0 Å². The third kappa shape index (κ3) is 2.80. The summed E-state index contributed by atoms with van der Waals surface area (Å²) in [6.07, 6.45) is 0. The zero-order valence-corrected chi connectivity index (χ0v) is 13.2. The van der Waals surface area contributed by atoms with Crippen LogP contribution >= 0.6 is 0 Å². The Morgan fingerprint density at radius 3 is 2.40 bits per heavy atom. The predicted molar refractivity (Wildman–Crippen MR) is 87.9 cm³/mol. The van der Waals surface area contributed by atoms with Crippen molar-refractivity contribution >= 4 is 22.4 Å². The van der Waals surface area contributed by atoms with E-state index in [0.717, 1.165) is 0 Å². The fourth-order valence-electron chi connectivity index (χ4n) is 2.46. The average molecular weight is 344 g/mol. The van der Waals surface area contributed by atoms with Gasteiger partial charge in [-0.05, 0) is 12.1 Å². The average Bonchev–Trinajstić information content (AvgIpc) is 3.03. The van der Waals surface area contributed by atoms with Gasteiger partial charge in [-0.3, -0.25) is 20.2 Å². The lowest BCUT2D eigenvalue weighted by atomic mass is 10.1. The van der Waals surface area contributed by atoms with Gasteiger partial charge in [0.25, 0.3) is 5.69 Å². The standard InChI is InChI=1S/C15H12N4O6/c1-24-13-6-8(5-12(19(22)23)14(13)25-2)15-16-10-4-3-9(18(20)21)7-11(10)17-15/h3-7H,1-2H3,(H,16,17). The zero-order chi connectivity index (χ0) is 18.1. The molecule has 0 radical (unpaired) electrons. The van der Waals surface area contributed by atoms with Crippen molar-refractivity contribution in [3.8, 4) is 22.9 Å². The molecule has 3 rings (SSSR count). The Morgan fingerprint density at radius 2 is 1.80 bits per heavy atom. The number of fused-ring (bicyclic) bond motifs is 1. The van der Waals surface area contributed by atoms with Gasteiger partial charge in [0.15, 0.2) is 5.75 Å². The van der Waals surface area contributed by atoms with E-state index in [2.05, 4.69) is 9.97 Å². The first-order valence-electron chi connectivity index (χ1n) is 6.99. The topological polar surface area (TPSA) is 133 Å². The minimum atomic E-state index is -0.585. The number of rotatable bonds is 5. The van der Waals surface area contributed by atoms with Crippen LogP contribution < -0.4 is 9.47 Å². The number of benzene rings is 2. The Morgan fingerprint density at radius 1 is 1.04 bits per heavy atom. The molecule has 1 heterocycles. The van der Waals surface area contributed by atoms with Gasteiger partial charge in [0.05, 0.1) is 35.1 Å². The molecule has 1 N–H and O–H groups in total. The van der Waals surface area contributed by atoms with Gasteiger partial charge in [-0.2, -0.15) is 0 Å². The maximum Gasteiger partial charge on any atom is 0.315 e. The Bertz CT molecular complexity index is 997. The molecule has 0 aliphatic carbocycles. The lowest BCUT2D eigenvalue weighted by Crippen LogP contribution is -1.98. The van der Waals surface area contributed by atoms with Gasteiger partial charge in [0.2, 0.25) is 5.75 Å². The number of nitro groups is 2. The second kappa shape index (κ2) is 6.07. The second-order valence-corrected chi connectivity index (χ2v) is 5.03. The second-order valence-electron chi connectivity index (χ2n) is 5.03. The Kier molecular flexibility index (Phi) is 3.93. The van der Waals surface area contributed by atoms with E-state index in [-0.39, 0.29) is 22.9 Å². The van der Waals surface area contributed by atoms with Crippen molar-refractivity contribution in [2.45, 2.75) is 0 Å². The number of methoxy groups -OCH3 is 2. The quantitative estimate of drug-likeness (QED) is 0.555. The molecule has 0 atom stereocenters. The van der Waals surface area contributed by atoms with Gasteiger partial charge >= 0.3 is 5.69 Å². The zero-order valence-electron chi connectivity index (χ0n) is 13.2.